The Morgan fingerprint density at radius 3 is 2.93 bits per heavy atom. The summed E-state index contributed by atoms with van der Waals surface area (Å²) in [4.78, 5) is 6.49. The van der Waals surface area contributed by atoms with Crippen molar-refractivity contribution in [2.24, 2.45) is 5.92 Å². The van der Waals surface area contributed by atoms with Crippen molar-refractivity contribution in [1.29, 1.82) is 0 Å². The number of nitrogens with zero attached hydrogens (tertiary/aromatic N) is 2. The average Bonchev–Trinajstić information content (AvgIpc) is 2.93. The van der Waals surface area contributed by atoms with Crippen molar-refractivity contribution < 1.29 is 0 Å². The second kappa shape index (κ2) is 3.48. The molecular weight excluding hydrogens is 174 g/mol. The molecule has 0 aromatic carbocycles. The molecule has 3 nitrogen and oxygen atoms in total. The molecule has 1 aromatic rings. The summed E-state index contributed by atoms with van der Waals surface area (Å²) in [5.41, 5.74) is 7.90. The molecule has 0 radical (unpaired) electrons. The van der Waals surface area contributed by atoms with Crippen LogP contribution in [-0.4, -0.2) is 18.6 Å². The molecule has 0 bridgehead atoms. The number of nitrogen functional groups attached to an aromatic ring is 1. The Hall–Kier alpha value is -1.25. The molecule has 1 aliphatic carbocycles. The summed E-state index contributed by atoms with van der Waals surface area (Å²) in [5, 5.41) is 0. The Morgan fingerprint density at radius 2 is 2.29 bits per heavy atom. The Morgan fingerprint density at radius 1 is 1.57 bits per heavy atom. The first kappa shape index (κ1) is 9.31. The van der Waals surface area contributed by atoms with Crippen LogP contribution in [-0.2, 0) is 0 Å². The van der Waals surface area contributed by atoms with Crippen LogP contribution in [0.3, 0.4) is 0 Å². The molecule has 76 valence electrons. The molecule has 2 rings (SSSR count). The van der Waals surface area contributed by atoms with E-state index in [4.69, 9.17) is 5.73 Å². The molecule has 1 aliphatic rings. The van der Waals surface area contributed by atoms with E-state index in [1.807, 2.05) is 19.2 Å². The van der Waals surface area contributed by atoms with E-state index in [0.717, 1.165) is 29.5 Å². The topological polar surface area (TPSA) is 42.2 Å². The van der Waals surface area contributed by atoms with Crippen LogP contribution in [0.25, 0.3) is 0 Å². The van der Waals surface area contributed by atoms with Gasteiger partial charge in [0.25, 0.3) is 0 Å². The maximum absolute atomic E-state index is 5.98. The lowest BCUT2D eigenvalue weighted by Crippen LogP contribution is -2.22. The van der Waals surface area contributed by atoms with E-state index < -0.39 is 0 Å². The van der Waals surface area contributed by atoms with Crippen LogP contribution >= 0.6 is 0 Å². The third-order valence-corrected chi connectivity index (χ3v) is 2.78. The minimum Gasteiger partial charge on any atom is -0.396 e. The summed E-state index contributed by atoms with van der Waals surface area (Å²) in [7, 11) is 2.07. The van der Waals surface area contributed by atoms with Crippen molar-refractivity contribution in [3.8, 4) is 0 Å². The van der Waals surface area contributed by atoms with Crippen LogP contribution in [0.4, 0.5) is 11.5 Å². The number of hydrogen-bond acceptors (Lipinski definition) is 3. The van der Waals surface area contributed by atoms with Crippen LogP contribution in [0.2, 0.25) is 0 Å². The molecule has 3 heteroatoms. The lowest BCUT2D eigenvalue weighted by molar-refractivity contribution is 0.778. The van der Waals surface area contributed by atoms with Gasteiger partial charge in [-0.15, -0.1) is 0 Å². The SMILES string of the molecule is Cc1ccnc(N(C)CC2CC2)c1N. The van der Waals surface area contributed by atoms with Gasteiger partial charge in [0.15, 0.2) is 5.82 Å². The van der Waals surface area contributed by atoms with Crippen molar-refractivity contribution in [2.75, 3.05) is 24.2 Å². The summed E-state index contributed by atoms with van der Waals surface area (Å²) in [5.74, 6) is 1.79. The quantitative estimate of drug-likeness (QED) is 0.792. The fraction of sp³-hybridized carbons (Fsp3) is 0.545. The van der Waals surface area contributed by atoms with Gasteiger partial charge in [-0.25, -0.2) is 4.98 Å². The van der Waals surface area contributed by atoms with E-state index >= 15 is 0 Å². The Kier molecular flexibility index (Phi) is 2.32. The average molecular weight is 191 g/mol. The smallest absolute Gasteiger partial charge is 0.151 e. The van der Waals surface area contributed by atoms with Gasteiger partial charge >= 0.3 is 0 Å². The molecule has 0 saturated heterocycles. The zero-order chi connectivity index (χ0) is 10.1. The molecule has 0 amide bonds. The summed E-state index contributed by atoms with van der Waals surface area (Å²) < 4.78 is 0. The number of aromatic nitrogens is 1. The predicted molar refractivity (Wildman–Crippen MR) is 59.4 cm³/mol. The van der Waals surface area contributed by atoms with E-state index in [1.54, 1.807) is 0 Å². The highest BCUT2D eigenvalue weighted by Crippen LogP contribution is 2.32. The summed E-state index contributed by atoms with van der Waals surface area (Å²) in [6, 6.07) is 1.95. The second-order valence-electron chi connectivity index (χ2n) is 4.19. The molecule has 2 N–H and O–H groups in total. The van der Waals surface area contributed by atoms with E-state index in [9.17, 15) is 0 Å². The third kappa shape index (κ3) is 1.81. The van der Waals surface area contributed by atoms with E-state index in [2.05, 4.69) is 16.9 Å². The van der Waals surface area contributed by atoms with Crippen molar-refractivity contribution in [1.82, 2.24) is 4.98 Å². The molecule has 0 unspecified atom stereocenters. The zero-order valence-electron chi connectivity index (χ0n) is 8.83. The van der Waals surface area contributed by atoms with Gasteiger partial charge < -0.3 is 10.6 Å². The molecule has 14 heavy (non-hydrogen) atoms. The van der Waals surface area contributed by atoms with Crippen molar-refractivity contribution >= 4 is 11.5 Å². The number of anilines is 2. The Labute approximate surface area is 84.9 Å². The highest BCUT2D eigenvalue weighted by Gasteiger charge is 2.24. The normalized spacial score (nSPS) is 15.6. The minimum atomic E-state index is 0.815. The van der Waals surface area contributed by atoms with Crippen LogP contribution in [0.15, 0.2) is 12.3 Å². The van der Waals surface area contributed by atoms with Gasteiger partial charge in [-0.3, -0.25) is 0 Å². The fourth-order valence-corrected chi connectivity index (χ4v) is 1.63. The molecule has 1 heterocycles. The van der Waals surface area contributed by atoms with Crippen LogP contribution in [0, 0.1) is 12.8 Å². The van der Waals surface area contributed by atoms with Gasteiger partial charge in [0, 0.05) is 19.8 Å². The predicted octanol–water partition coefficient (Wildman–Crippen LogP) is 1.82. The molecule has 0 aliphatic heterocycles. The minimum absolute atomic E-state index is 0.815. The fourth-order valence-electron chi connectivity index (χ4n) is 1.63. The van der Waals surface area contributed by atoms with Crippen molar-refractivity contribution in [3.63, 3.8) is 0 Å². The number of pyridine rings is 1. The molecular formula is C11H17N3. The molecule has 0 spiro atoms. The number of nitrogens with two attached hydrogens (primary N) is 1. The number of rotatable bonds is 3. The zero-order valence-corrected chi connectivity index (χ0v) is 8.83. The summed E-state index contributed by atoms with van der Waals surface area (Å²) >= 11 is 0. The van der Waals surface area contributed by atoms with Gasteiger partial charge in [-0.2, -0.15) is 0 Å². The first-order chi connectivity index (χ1) is 6.68. The van der Waals surface area contributed by atoms with E-state index in [1.165, 1.54) is 12.8 Å². The van der Waals surface area contributed by atoms with Crippen molar-refractivity contribution in [3.05, 3.63) is 17.8 Å². The lowest BCUT2D eigenvalue weighted by Gasteiger charge is -2.20. The Bertz CT molecular complexity index is 331. The maximum atomic E-state index is 5.98. The van der Waals surface area contributed by atoms with E-state index in [-0.39, 0.29) is 0 Å². The number of hydrogen-bond donors (Lipinski definition) is 1. The lowest BCUT2D eigenvalue weighted by atomic mass is 10.2. The highest BCUT2D eigenvalue weighted by atomic mass is 15.2. The molecule has 1 fully saturated rings. The Balaban J connectivity index is 2.16. The summed E-state index contributed by atoms with van der Waals surface area (Å²) in [6.45, 7) is 3.10. The van der Waals surface area contributed by atoms with Crippen molar-refractivity contribution in [2.45, 2.75) is 19.8 Å². The molecule has 1 saturated carbocycles. The third-order valence-electron chi connectivity index (χ3n) is 2.78. The first-order valence-electron chi connectivity index (χ1n) is 5.10. The van der Waals surface area contributed by atoms with Gasteiger partial charge in [-0.05, 0) is 37.3 Å². The first-order valence-corrected chi connectivity index (χ1v) is 5.10. The second-order valence-corrected chi connectivity index (χ2v) is 4.19. The maximum Gasteiger partial charge on any atom is 0.151 e. The number of aryl methyl sites for hydroxylation is 1. The molecule has 1 aromatic heterocycles. The van der Waals surface area contributed by atoms with E-state index in [0.29, 0.717) is 0 Å². The monoisotopic (exact) mass is 191 g/mol. The van der Waals surface area contributed by atoms with Crippen LogP contribution < -0.4 is 10.6 Å². The molecule has 0 atom stereocenters. The van der Waals surface area contributed by atoms with Gasteiger partial charge in [-0.1, -0.05) is 0 Å². The van der Waals surface area contributed by atoms with Gasteiger partial charge in [0.1, 0.15) is 0 Å². The highest BCUT2D eigenvalue weighted by molar-refractivity contribution is 5.66. The van der Waals surface area contributed by atoms with Crippen LogP contribution in [0.1, 0.15) is 18.4 Å². The largest absolute Gasteiger partial charge is 0.396 e. The standard InChI is InChI=1S/C11H17N3/c1-8-5-6-13-11(10(8)12)14(2)7-9-3-4-9/h5-6,9H,3-4,7,12H2,1-2H3. The van der Waals surface area contributed by atoms with Gasteiger partial charge in [0.05, 0.1) is 5.69 Å². The van der Waals surface area contributed by atoms with Crippen LogP contribution in [0.5, 0.6) is 0 Å². The van der Waals surface area contributed by atoms with Gasteiger partial charge in [0.2, 0.25) is 0 Å². The summed E-state index contributed by atoms with van der Waals surface area (Å²) in [6.07, 6.45) is 4.54.